The van der Waals surface area contributed by atoms with E-state index in [-0.39, 0.29) is 23.5 Å². The number of amides is 1. The molecule has 1 aliphatic heterocycles. The van der Waals surface area contributed by atoms with Crippen molar-refractivity contribution in [3.05, 3.63) is 39.5 Å². The van der Waals surface area contributed by atoms with Gasteiger partial charge in [-0.25, -0.2) is 14.8 Å². The number of fused-ring (bicyclic) bond motifs is 1. The Kier molecular flexibility index (Phi) is 5.47. The molecule has 26 heavy (non-hydrogen) atoms. The van der Waals surface area contributed by atoms with Crippen LogP contribution in [-0.2, 0) is 4.79 Å². The Hall–Kier alpha value is -2.13. The average molecular weight is 393 g/mol. The van der Waals surface area contributed by atoms with Gasteiger partial charge in [0.05, 0.1) is 4.88 Å². The van der Waals surface area contributed by atoms with Crippen LogP contribution in [0.25, 0.3) is 0 Å². The number of hydrogen-bond acceptors (Lipinski definition) is 7. The van der Waals surface area contributed by atoms with E-state index < -0.39 is 12.0 Å². The first-order valence-electron chi connectivity index (χ1n) is 8.22. The summed E-state index contributed by atoms with van der Waals surface area (Å²) in [5.41, 5.74) is 1.09. The van der Waals surface area contributed by atoms with E-state index in [1.807, 2.05) is 19.2 Å². The van der Waals surface area contributed by atoms with E-state index in [1.165, 1.54) is 11.3 Å². The SMILES string of the molecule is Cc1ncc2c(n1)NCC2C(C)c1ccc(C(=O)N[C@@H](CS)C(=O)O)s1. The molecule has 0 bridgehead atoms. The molecule has 0 radical (unpaired) electrons. The van der Waals surface area contributed by atoms with Crippen LogP contribution in [0.15, 0.2) is 18.3 Å². The second-order valence-corrected chi connectivity index (χ2v) is 7.73. The highest BCUT2D eigenvalue weighted by atomic mass is 32.1. The number of aryl methyl sites for hydroxylation is 1. The highest BCUT2D eigenvalue weighted by Crippen LogP contribution is 2.41. The fourth-order valence-electron chi connectivity index (χ4n) is 2.99. The summed E-state index contributed by atoms with van der Waals surface area (Å²) in [5.74, 6) is 0.575. The first-order valence-corrected chi connectivity index (χ1v) is 9.67. The van der Waals surface area contributed by atoms with Crippen LogP contribution in [0.3, 0.4) is 0 Å². The maximum absolute atomic E-state index is 12.3. The summed E-state index contributed by atoms with van der Waals surface area (Å²) in [5, 5.41) is 14.8. The molecule has 0 saturated carbocycles. The maximum atomic E-state index is 12.3. The molecule has 9 heteroatoms. The number of aliphatic carboxylic acids is 1. The third-order valence-electron chi connectivity index (χ3n) is 4.52. The number of aromatic nitrogens is 2. The van der Waals surface area contributed by atoms with Crippen LogP contribution < -0.4 is 10.6 Å². The third-order valence-corrected chi connectivity index (χ3v) is 6.17. The number of nitrogens with zero attached hydrogens (tertiary/aromatic N) is 2. The Morgan fingerprint density at radius 1 is 1.50 bits per heavy atom. The van der Waals surface area contributed by atoms with E-state index in [0.717, 1.165) is 28.6 Å². The molecule has 0 saturated heterocycles. The molecule has 0 spiro atoms. The van der Waals surface area contributed by atoms with Gasteiger partial charge in [0.15, 0.2) is 0 Å². The van der Waals surface area contributed by atoms with Gasteiger partial charge in [0.2, 0.25) is 0 Å². The first-order chi connectivity index (χ1) is 12.4. The molecule has 138 valence electrons. The normalized spacial score (nSPS) is 17.9. The highest BCUT2D eigenvalue weighted by molar-refractivity contribution is 7.80. The van der Waals surface area contributed by atoms with E-state index in [4.69, 9.17) is 5.11 Å². The second kappa shape index (κ2) is 7.63. The quantitative estimate of drug-likeness (QED) is 0.562. The highest BCUT2D eigenvalue weighted by Gasteiger charge is 2.31. The van der Waals surface area contributed by atoms with Crippen LogP contribution >= 0.6 is 24.0 Å². The molecule has 2 aromatic heterocycles. The lowest BCUT2D eigenvalue weighted by Gasteiger charge is -2.17. The van der Waals surface area contributed by atoms with Crippen LogP contribution in [-0.4, -0.2) is 45.3 Å². The molecule has 3 heterocycles. The Bertz CT molecular complexity index is 839. The van der Waals surface area contributed by atoms with Gasteiger partial charge in [-0.05, 0) is 25.0 Å². The van der Waals surface area contributed by atoms with Gasteiger partial charge in [-0.2, -0.15) is 12.6 Å². The van der Waals surface area contributed by atoms with Gasteiger partial charge in [0.1, 0.15) is 17.7 Å². The van der Waals surface area contributed by atoms with Gasteiger partial charge in [0, 0.05) is 34.9 Å². The number of carbonyl (C=O) groups is 2. The summed E-state index contributed by atoms with van der Waals surface area (Å²) in [4.78, 5) is 33.6. The molecule has 3 atom stereocenters. The van der Waals surface area contributed by atoms with Gasteiger partial charge < -0.3 is 15.7 Å². The Balaban J connectivity index is 1.74. The van der Waals surface area contributed by atoms with E-state index in [0.29, 0.717) is 4.88 Å². The van der Waals surface area contributed by atoms with Gasteiger partial charge in [-0.15, -0.1) is 11.3 Å². The maximum Gasteiger partial charge on any atom is 0.327 e. The largest absolute Gasteiger partial charge is 0.480 e. The summed E-state index contributed by atoms with van der Waals surface area (Å²) in [6.45, 7) is 4.75. The molecule has 3 N–H and O–H groups in total. The molecule has 0 fully saturated rings. The summed E-state index contributed by atoms with van der Waals surface area (Å²) < 4.78 is 0. The van der Waals surface area contributed by atoms with Gasteiger partial charge in [-0.3, -0.25) is 4.79 Å². The summed E-state index contributed by atoms with van der Waals surface area (Å²) >= 11 is 5.34. The predicted molar refractivity (Wildman–Crippen MR) is 103 cm³/mol. The predicted octanol–water partition coefficient (Wildman–Crippen LogP) is 2.27. The molecule has 1 aliphatic rings. The minimum absolute atomic E-state index is 0.0413. The van der Waals surface area contributed by atoms with Crippen LogP contribution in [0.2, 0.25) is 0 Å². The van der Waals surface area contributed by atoms with Crippen molar-refractivity contribution in [1.82, 2.24) is 15.3 Å². The van der Waals surface area contributed by atoms with Crippen molar-refractivity contribution < 1.29 is 14.7 Å². The fourth-order valence-corrected chi connectivity index (χ4v) is 4.26. The monoisotopic (exact) mass is 392 g/mol. The number of anilines is 1. The van der Waals surface area contributed by atoms with Gasteiger partial charge >= 0.3 is 5.97 Å². The number of rotatable bonds is 6. The van der Waals surface area contributed by atoms with Crippen LogP contribution in [0.1, 0.15) is 44.7 Å². The van der Waals surface area contributed by atoms with Crippen molar-refractivity contribution in [2.45, 2.75) is 31.7 Å². The number of carboxylic acids is 1. The number of thiophene rings is 1. The minimum atomic E-state index is -1.09. The minimum Gasteiger partial charge on any atom is -0.480 e. The lowest BCUT2D eigenvalue weighted by molar-refractivity contribution is -0.138. The summed E-state index contributed by atoms with van der Waals surface area (Å²) in [7, 11) is 0. The molecule has 2 aromatic rings. The number of carbonyl (C=O) groups excluding carboxylic acids is 1. The van der Waals surface area contributed by atoms with Crippen LogP contribution in [0, 0.1) is 6.92 Å². The van der Waals surface area contributed by atoms with E-state index in [2.05, 4.69) is 40.2 Å². The van der Waals surface area contributed by atoms with Crippen molar-refractivity contribution in [2.24, 2.45) is 0 Å². The van der Waals surface area contributed by atoms with Gasteiger partial charge in [0.25, 0.3) is 5.91 Å². The lowest BCUT2D eigenvalue weighted by atomic mass is 9.89. The van der Waals surface area contributed by atoms with E-state index in [1.54, 1.807) is 6.07 Å². The lowest BCUT2D eigenvalue weighted by Crippen LogP contribution is -2.41. The molecule has 0 aliphatic carbocycles. The number of hydrogen-bond donors (Lipinski definition) is 4. The zero-order valence-corrected chi connectivity index (χ0v) is 16.1. The number of nitrogens with one attached hydrogen (secondary N) is 2. The zero-order valence-electron chi connectivity index (χ0n) is 14.4. The second-order valence-electron chi connectivity index (χ2n) is 6.25. The summed E-state index contributed by atoms with van der Waals surface area (Å²) in [6.07, 6.45) is 1.87. The Labute approximate surface area is 160 Å². The molecule has 1 amide bonds. The van der Waals surface area contributed by atoms with Crippen molar-refractivity contribution in [3.63, 3.8) is 0 Å². The zero-order chi connectivity index (χ0) is 18.8. The topological polar surface area (TPSA) is 104 Å². The first kappa shape index (κ1) is 18.7. The molecular formula is C17H20N4O3S2. The molecular weight excluding hydrogens is 372 g/mol. The summed E-state index contributed by atoms with van der Waals surface area (Å²) in [6, 6.07) is 2.66. The molecule has 2 unspecified atom stereocenters. The van der Waals surface area contributed by atoms with Crippen molar-refractivity contribution in [2.75, 3.05) is 17.6 Å². The Morgan fingerprint density at radius 2 is 2.27 bits per heavy atom. The van der Waals surface area contributed by atoms with Crippen LogP contribution in [0.4, 0.5) is 5.82 Å². The van der Waals surface area contributed by atoms with E-state index >= 15 is 0 Å². The Morgan fingerprint density at radius 3 is 2.96 bits per heavy atom. The number of carboxylic acid groups (broad SMARTS) is 1. The van der Waals surface area contributed by atoms with E-state index in [9.17, 15) is 9.59 Å². The smallest absolute Gasteiger partial charge is 0.327 e. The molecule has 0 aromatic carbocycles. The number of thiol groups is 1. The van der Waals surface area contributed by atoms with Crippen molar-refractivity contribution in [3.8, 4) is 0 Å². The fraction of sp³-hybridized carbons (Fsp3) is 0.412. The van der Waals surface area contributed by atoms with Crippen LogP contribution in [0.5, 0.6) is 0 Å². The molecule has 7 nitrogen and oxygen atoms in total. The standard InChI is InChI=1S/C17H20N4O3S2/c1-8(10-5-19-15-11(10)6-18-9(2)20-15)13-3-4-14(26-13)16(22)21-12(7-25)17(23)24/h3-4,6,8,10,12,25H,5,7H2,1-2H3,(H,21,22)(H,23,24)(H,18,19,20)/t8?,10?,12-/m0/s1. The third kappa shape index (κ3) is 3.68. The van der Waals surface area contributed by atoms with Crippen molar-refractivity contribution in [1.29, 1.82) is 0 Å². The average Bonchev–Trinajstić information content (AvgIpc) is 3.25. The molecule has 3 rings (SSSR count). The van der Waals surface area contributed by atoms with Gasteiger partial charge in [-0.1, -0.05) is 6.92 Å². The van der Waals surface area contributed by atoms with Crippen molar-refractivity contribution >= 4 is 41.7 Å².